The SMILES string of the molecule is CCCCCCCCCCCC(O)C(C)(C)C. The van der Waals surface area contributed by atoms with Gasteiger partial charge in [0.25, 0.3) is 0 Å². The molecule has 0 aromatic rings. The van der Waals surface area contributed by atoms with E-state index in [0.29, 0.717) is 0 Å². The lowest BCUT2D eigenvalue weighted by Gasteiger charge is -2.25. The first-order chi connectivity index (χ1) is 7.98. The highest BCUT2D eigenvalue weighted by molar-refractivity contribution is 4.72. The van der Waals surface area contributed by atoms with Gasteiger partial charge in [-0.2, -0.15) is 0 Å². The van der Waals surface area contributed by atoms with Crippen LogP contribution in [0.25, 0.3) is 0 Å². The van der Waals surface area contributed by atoms with Gasteiger partial charge in [0.2, 0.25) is 0 Å². The zero-order valence-electron chi connectivity index (χ0n) is 12.6. The molecule has 0 heterocycles. The Balaban J connectivity index is 3.19. The van der Waals surface area contributed by atoms with Crippen molar-refractivity contribution in [1.29, 1.82) is 0 Å². The Kier molecular flexibility index (Phi) is 9.91. The Morgan fingerprint density at radius 3 is 1.59 bits per heavy atom. The maximum absolute atomic E-state index is 9.89. The molecule has 1 unspecified atom stereocenters. The van der Waals surface area contributed by atoms with E-state index in [4.69, 9.17) is 0 Å². The predicted molar refractivity (Wildman–Crippen MR) is 77.3 cm³/mol. The quantitative estimate of drug-likeness (QED) is 0.514. The highest BCUT2D eigenvalue weighted by atomic mass is 16.3. The number of hydrogen-bond donors (Lipinski definition) is 1. The molecule has 0 saturated carbocycles. The van der Waals surface area contributed by atoms with Crippen LogP contribution in [0.3, 0.4) is 0 Å². The second-order valence-corrected chi connectivity index (χ2v) is 6.50. The van der Waals surface area contributed by atoms with Gasteiger partial charge < -0.3 is 5.11 Å². The molecule has 104 valence electrons. The van der Waals surface area contributed by atoms with Gasteiger partial charge in [-0.05, 0) is 11.8 Å². The highest BCUT2D eigenvalue weighted by Gasteiger charge is 2.20. The van der Waals surface area contributed by atoms with Crippen LogP contribution in [0.2, 0.25) is 0 Å². The summed E-state index contributed by atoms with van der Waals surface area (Å²) in [5.74, 6) is 0. The van der Waals surface area contributed by atoms with Crippen LogP contribution in [0.4, 0.5) is 0 Å². The second kappa shape index (κ2) is 9.94. The summed E-state index contributed by atoms with van der Waals surface area (Å²) in [5.41, 5.74) is 0.0557. The summed E-state index contributed by atoms with van der Waals surface area (Å²) in [6.45, 7) is 8.61. The lowest BCUT2D eigenvalue weighted by Crippen LogP contribution is -2.25. The van der Waals surface area contributed by atoms with Gasteiger partial charge in [-0.25, -0.2) is 0 Å². The van der Waals surface area contributed by atoms with Crippen LogP contribution >= 0.6 is 0 Å². The second-order valence-electron chi connectivity index (χ2n) is 6.50. The maximum atomic E-state index is 9.89. The van der Waals surface area contributed by atoms with Crippen LogP contribution in [-0.4, -0.2) is 11.2 Å². The van der Waals surface area contributed by atoms with E-state index in [2.05, 4.69) is 27.7 Å². The summed E-state index contributed by atoms with van der Waals surface area (Å²) in [7, 11) is 0. The fraction of sp³-hybridized carbons (Fsp3) is 1.00. The average molecular weight is 242 g/mol. The summed E-state index contributed by atoms with van der Waals surface area (Å²) in [6.07, 6.45) is 13.0. The molecule has 17 heavy (non-hydrogen) atoms. The molecule has 0 rings (SSSR count). The van der Waals surface area contributed by atoms with Crippen LogP contribution in [0.15, 0.2) is 0 Å². The molecular formula is C16H34O. The monoisotopic (exact) mass is 242 g/mol. The van der Waals surface area contributed by atoms with Gasteiger partial charge in [-0.15, -0.1) is 0 Å². The van der Waals surface area contributed by atoms with E-state index < -0.39 is 0 Å². The van der Waals surface area contributed by atoms with Crippen molar-refractivity contribution >= 4 is 0 Å². The van der Waals surface area contributed by atoms with E-state index >= 15 is 0 Å². The molecule has 0 bridgehead atoms. The van der Waals surface area contributed by atoms with Crippen LogP contribution < -0.4 is 0 Å². The molecule has 0 aromatic carbocycles. The van der Waals surface area contributed by atoms with Gasteiger partial charge in [0, 0.05) is 0 Å². The largest absolute Gasteiger partial charge is 0.393 e. The molecule has 0 aromatic heterocycles. The topological polar surface area (TPSA) is 20.2 Å². The Morgan fingerprint density at radius 1 is 0.765 bits per heavy atom. The normalized spacial score (nSPS) is 13.9. The molecule has 1 heteroatoms. The summed E-state index contributed by atoms with van der Waals surface area (Å²) in [4.78, 5) is 0. The third-order valence-electron chi connectivity index (χ3n) is 3.58. The zero-order chi connectivity index (χ0) is 13.1. The smallest absolute Gasteiger partial charge is 0.0588 e. The Labute approximate surface area is 109 Å². The van der Waals surface area contributed by atoms with Gasteiger partial charge >= 0.3 is 0 Å². The highest BCUT2D eigenvalue weighted by Crippen LogP contribution is 2.23. The van der Waals surface area contributed by atoms with E-state index in [1.165, 1.54) is 57.8 Å². The first-order valence-electron chi connectivity index (χ1n) is 7.66. The van der Waals surface area contributed by atoms with E-state index in [9.17, 15) is 5.11 Å². The number of hydrogen-bond acceptors (Lipinski definition) is 1. The van der Waals surface area contributed by atoms with Gasteiger partial charge in [-0.3, -0.25) is 0 Å². The average Bonchev–Trinajstić information content (AvgIpc) is 2.25. The Bertz CT molecular complexity index is 157. The third-order valence-corrected chi connectivity index (χ3v) is 3.58. The molecule has 1 atom stereocenters. The van der Waals surface area contributed by atoms with Crippen molar-refractivity contribution in [3.63, 3.8) is 0 Å². The first kappa shape index (κ1) is 17.0. The molecular weight excluding hydrogens is 208 g/mol. The Morgan fingerprint density at radius 2 is 1.18 bits per heavy atom. The zero-order valence-corrected chi connectivity index (χ0v) is 12.6. The lowest BCUT2D eigenvalue weighted by atomic mass is 9.86. The molecule has 0 saturated heterocycles. The standard InChI is InChI=1S/C16H34O/c1-5-6-7-8-9-10-11-12-13-14-15(17)16(2,3)4/h15,17H,5-14H2,1-4H3. The van der Waals surface area contributed by atoms with E-state index in [1.54, 1.807) is 0 Å². The number of rotatable bonds is 10. The molecule has 0 aliphatic rings. The van der Waals surface area contributed by atoms with Crippen molar-refractivity contribution in [2.45, 2.75) is 98.0 Å². The molecule has 1 N–H and O–H groups in total. The molecule has 0 aliphatic heterocycles. The number of unbranched alkanes of at least 4 members (excludes halogenated alkanes) is 8. The summed E-state index contributed by atoms with van der Waals surface area (Å²) in [6, 6.07) is 0. The van der Waals surface area contributed by atoms with Crippen molar-refractivity contribution in [2.75, 3.05) is 0 Å². The summed E-state index contributed by atoms with van der Waals surface area (Å²) < 4.78 is 0. The third kappa shape index (κ3) is 10.8. The van der Waals surface area contributed by atoms with Gasteiger partial charge in [0.05, 0.1) is 6.10 Å². The van der Waals surface area contributed by atoms with Crippen molar-refractivity contribution in [2.24, 2.45) is 5.41 Å². The van der Waals surface area contributed by atoms with Gasteiger partial charge in [-0.1, -0.05) is 85.5 Å². The molecule has 0 aliphatic carbocycles. The van der Waals surface area contributed by atoms with E-state index in [1.807, 2.05) is 0 Å². The minimum atomic E-state index is -0.132. The minimum Gasteiger partial charge on any atom is -0.393 e. The van der Waals surface area contributed by atoms with Crippen molar-refractivity contribution in [3.8, 4) is 0 Å². The van der Waals surface area contributed by atoms with E-state index in [-0.39, 0.29) is 11.5 Å². The Hall–Kier alpha value is -0.0400. The van der Waals surface area contributed by atoms with Crippen LogP contribution in [0.5, 0.6) is 0 Å². The lowest BCUT2D eigenvalue weighted by molar-refractivity contribution is 0.0533. The van der Waals surface area contributed by atoms with Crippen molar-refractivity contribution in [1.82, 2.24) is 0 Å². The summed E-state index contributed by atoms with van der Waals surface area (Å²) in [5, 5.41) is 9.89. The summed E-state index contributed by atoms with van der Waals surface area (Å²) >= 11 is 0. The molecule has 0 fully saturated rings. The molecule has 0 spiro atoms. The number of aliphatic hydroxyl groups excluding tert-OH is 1. The van der Waals surface area contributed by atoms with Crippen molar-refractivity contribution in [3.05, 3.63) is 0 Å². The fourth-order valence-electron chi connectivity index (χ4n) is 2.08. The van der Waals surface area contributed by atoms with Crippen molar-refractivity contribution < 1.29 is 5.11 Å². The fourth-order valence-corrected chi connectivity index (χ4v) is 2.08. The predicted octanol–water partition coefficient (Wildman–Crippen LogP) is 5.31. The van der Waals surface area contributed by atoms with Crippen LogP contribution in [0.1, 0.15) is 91.9 Å². The minimum absolute atomic E-state index is 0.0557. The number of aliphatic hydroxyl groups is 1. The molecule has 1 nitrogen and oxygen atoms in total. The van der Waals surface area contributed by atoms with Crippen LogP contribution in [0, 0.1) is 5.41 Å². The first-order valence-corrected chi connectivity index (χ1v) is 7.66. The van der Waals surface area contributed by atoms with Gasteiger partial charge in [0.1, 0.15) is 0 Å². The van der Waals surface area contributed by atoms with Crippen LogP contribution in [-0.2, 0) is 0 Å². The molecule has 0 amide bonds. The maximum Gasteiger partial charge on any atom is 0.0588 e. The van der Waals surface area contributed by atoms with E-state index in [0.717, 1.165) is 6.42 Å². The molecule has 0 radical (unpaired) electrons. The van der Waals surface area contributed by atoms with Gasteiger partial charge in [0.15, 0.2) is 0 Å².